The van der Waals surface area contributed by atoms with E-state index in [1.807, 2.05) is 0 Å². The van der Waals surface area contributed by atoms with Crippen molar-refractivity contribution in [3.05, 3.63) is 29.0 Å². The normalized spacial score (nSPS) is 23.7. The van der Waals surface area contributed by atoms with Gasteiger partial charge in [0.1, 0.15) is 5.82 Å². The summed E-state index contributed by atoms with van der Waals surface area (Å²) in [6.07, 6.45) is 3.16. The van der Waals surface area contributed by atoms with Gasteiger partial charge in [-0.3, -0.25) is 4.79 Å². The first-order chi connectivity index (χ1) is 8.56. The molecule has 1 fully saturated rings. The lowest BCUT2D eigenvalue weighted by molar-refractivity contribution is -0.142. The molecule has 2 atom stereocenters. The molecule has 1 saturated carbocycles. The molecule has 2 unspecified atom stereocenters. The van der Waals surface area contributed by atoms with Gasteiger partial charge in [0, 0.05) is 11.7 Å². The lowest BCUT2D eigenvalue weighted by atomic mass is 9.85. The Hall–Kier alpha value is -1.29. The minimum Gasteiger partial charge on any atom is -0.481 e. The second-order valence-corrected chi connectivity index (χ2v) is 5.08. The summed E-state index contributed by atoms with van der Waals surface area (Å²) in [5.74, 6) is -1.47. The van der Waals surface area contributed by atoms with E-state index in [0.29, 0.717) is 6.42 Å². The first kappa shape index (κ1) is 13.1. The number of rotatable bonds is 3. The number of anilines is 1. The fourth-order valence-electron chi connectivity index (χ4n) is 2.37. The summed E-state index contributed by atoms with van der Waals surface area (Å²) in [4.78, 5) is 11.0. The smallest absolute Gasteiger partial charge is 0.306 e. The molecule has 0 amide bonds. The molecule has 1 aromatic carbocycles. The second kappa shape index (κ2) is 5.57. The third-order valence-electron chi connectivity index (χ3n) is 3.31. The van der Waals surface area contributed by atoms with Crippen molar-refractivity contribution >= 4 is 23.3 Å². The average Bonchev–Trinajstić information content (AvgIpc) is 2.34. The summed E-state index contributed by atoms with van der Waals surface area (Å²) < 4.78 is 13.0. The minimum absolute atomic E-state index is 0.0746. The first-order valence-electron chi connectivity index (χ1n) is 6.00. The van der Waals surface area contributed by atoms with Crippen molar-refractivity contribution in [1.82, 2.24) is 0 Å². The zero-order chi connectivity index (χ0) is 13.1. The second-order valence-electron chi connectivity index (χ2n) is 4.67. The number of hydrogen-bond donors (Lipinski definition) is 2. The van der Waals surface area contributed by atoms with Crippen LogP contribution in [0.5, 0.6) is 0 Å². The molecule has 3 nitrogen and oxygen atoms in total. The van der Waals surface area contributed by atoms with Crippen molar-refractivity contribution in [3.63, 3.8) is 0 Å². The highest BCUT2D eigenvalue weighted by Crippen LogP contribution is 2.28. The number of nitrogens with one attached hydrogen (secondary N) is 1. The molecule has 1 aliphatic carbocycles. The summed E-state index contributed by atoms with van der Waals surface area (Å²) >= 11 is 5.70. The Labute approximate surface area is 110 Å². The lowest BCUT2D eigenvalue weighted by Crippen LogP contribution is -2.30. The summed E-state index contributed by atoms with van der Waals surface area (Å²) in [7, 11) is 0. The molecule has 98 valence electrons. The van der Waals surface area contributed by atoms with Crippen LogP contribution in [0.3, 0.4) is 0 Å². The Morgan fingerprint density at radius 3 is 2.89 bits per heavy atom. The molecule has 0 heterocycles. The first-order valence-corrected chi connectivity index (χ1v) is 6.38. The van der Waals surface area contributed by atoms with Crippen LogP contribution in [0.4, 0.5) is 10.1 Å². The van der Waals surface area contributed by atoms with E-state index in [4.69, 9.17) is 16.7 Å². The van der Waals surface area contributed by atoms with Crippen molar-refractivity contribution < 1.29 is 14.3 Å². The molecule has 2 N–H and O–H groups in total. The van der Waals surface area contributed by atoms with Crippen LogP contribution < -0.4 is 5.32 Å². The monoisotopic (exact) mass is 271 g/mol. The van der Waals surface area contributed by atoms with Crippen molar-refractivity contribution in [3.8, 4) is 0 Å². The summed E-state index contributed by atoms with van der Waals surface area (Å²) in [6, 6.07) is 4.57. The van der Waals surface area contributed by atoms with Gasteiger partial charge in [-0.15, -0.1) is 0 Å². The van der Waals surface area contributed by atoms with E-state index in [1.165, 1.54) is 12.1 Å². The predicted molar refractivity (Wildman–Crippen MR) is 68.4 cm³/mol. The molecule has 0 aliphatic heterocycles. The van der Waals surface area contributed by atoms with E-state index < -0.39 is 11.8 Å². The molecule has 2 rings (SSSR count). The van der Waals surface area contributed by atoms with E-state index >= 15 is 0 Å². The van der Waals surface area contributed by atoms with Crippen LogP contribution >= 0.6 is 11.6 Å². The molecule has 1 aromatic rings. The number of carbonyl (C=O) groups is 1. The fourth-order valence-corrected chi connectivity index (χ4v) is 2.55. The number of halogens is 2. The van der Waals surface area contributed by atoms with Gasteiger partial charge in [-0.05, 0) is 37.5 Å². The number of aliphatic carboxylic acids is 1. The van der Waals surface area contributed by atoms with Gasteiger partial charge in [0.25, 0.3) is 0 Å². The van der Waals surface area contributed by atoms with Gasteiger partial charge in [-0.25, -0.2) is 4.39 Å². The molecule has 0 aromatic heterocycles. The highest BCUT2D eigenvalue weighted by Gasteiger charge is 2.26. The quantitative estimate of drug-likeness (QED) is 0.884. The van der Waals surface area contributed by atoms with Crippen LogP contribution in [0.2, 0.25) is 5.02 Å². The predicted octanol–water partition coefficient (Wildman–Crippen LogP) is 3.53. The molecule has 18 heavy (non-hydrogen) atoms. The van der Waals surface area contributed by atoms with Gasteiger partial charge >= 0.3 is 5.97 Å². The van der Waals surface area contributed by atoms with E-state index in [-0.39, 0.29) is 17.0 Å². The number of carboxylic acid groups (broad SMARTS) is 1. The van der Waals surface area contributed by atoms with Gasteiger partial charge in [-0.2, -0.15) is 0 Å². The largest absolute Gasteiger partial charge is 0.481 e. The minimum atomic E-state index is -0.737. The van der Waals surface area contributed by atoms with Crippen molar-refractivity contribution in [2.45, 2.75) is 31.7 Å². The number of carboxylic acids is 1. The third kappa shape index (κ3) is 3.13. The fraction of sp³-hybridized carbons (Fsp3) is 0.462. The molecular formula is C13H15ClFNO2. The Morgan fingerprint density at radius 1 is 1.44 bits per heavy atom. The van der Waals surface area contributed by atoms with Crippen LogP contribution in [0.15, 0.2) is 18.2 Å². The highest BCUT2D eigenvalue weighted by atomic mass is 35.5. The maximum absolute atomic E-state index is 13.0. The Kier molecular flexibility index (Phi) is 4.07. The Bertz CT molecular complexity index is 453. The topological polar surface area (TPSA) is 49.3 Å². The highest BCUT2D eigenvalue weighted by molar-refractivity contribution is 6.31. The van der Waals surface area contributed by atoms with Gasteiger partial charge in [0.15, 0.2) is 0 Å². The van der Waals surface area contributed by atoms with Gasteiger partial charge in [0.2, 0.25) is 0 Å². The van der Waals surface area contributed by atoms with Crippen molar-refractivity contribution in [2.75, 3.05) is 5.32 Å². The lowest BCUT2D eigenvalue weighted by Gasteiger charge is -2.28. The summed E-state index contributed by atoms with van der Waals surface area (Å²) in [6.45, 7) is 0. The Morgan fingerprint density at radius 2 is 2.22 bits per heavy atom. The van der Waals surface area contributed by atoms with Crippen LogP contribution in [-0.2, 0) is 4.79 Å². The van der Waals surface area contributed by atoms with Gasteiger partial charge in [-0.1, -0.05) is 18.0 Å². The van der Waals surface area contributed by atoms with E-state index in [9.17, 15) is 9.18 Å². The average molecular weight is 272 g/mol. The van der Waals surface area contributed by atoms with E-state index in [1.54, 1.807) is 6.07 Å². The van der Waals surface area contributed by atoms with Crippen LogP contribution in [0.1, 0.15) is 25.7 Å². The number of benzene rings is 1. The zero-order valence-electron chi connectivity index (χ0n) is 9.83. The van der Waals surface area contributed by atoms with Gasteiger partial charge < -0.3 is 10.4 Å². The molecule has 0 spiro atoms. The van der Waals surface area contributed by atoms with Crippen molar-refractivity contribution in [2.24, 2.45) is 5.92 Å². The maximum Gasteiger partial charge on any atom is 0.306 e. The van der Waals surface area contributed by atoms with Crippen LogP contribution in [0, 0.1) is 11.7 Å². The maximum atomic E-state index is 13.0. The van der Waals surface area contributed by atoms with Crippen LogP contribution in [-0.4, -0.2) is 17.1 Å². The van der Waals surface area contributed by atoms with E-state index in [2.05, 4.69) is 5.32 Å². The molecule has 0 radical (unpaired) electrons. The molecular weight excluding hydrogens is 257 g/mol. The third-order valence-corrected chi connectivity index (χ3v) is 3.60. The molecule has 1 aliphatic rings. The molecule has 0 bridgehead atoms. The van der Waals surface area contributed by atoms with Crippen LogP contribution in [0.25, 0.3) is 0 Å². The Balaban J connectivity index is 2.00. The molecule has 5 heteroatoms. The number of hydrogen-bond acceptors (Lipinski definition) is 2. The molecule has 0 saturated heterocycles. The van der Waals surface area contributed by atoms with E-state index in [0.717, 1.165) is 24.9 Å². The summed E-state index contributed by atoms with van der Waals surface area (Å²) in [5.41, 5.74) is 0.734. The van der Waals surface area contributed by atoms with Gasteiger partial charge in [0.05, 0.1) is 10.9 Å². The SMILES string of the molecule is O=C(O)C1CCCC(Nc2ccc(F)c(Cl)c2)C1. The standard InChI is InChI=1S/C13H15ClFNO2/c14-11-7-10(4-5-12(11)15)16-9-3-1-2-8(6-9)13(17)18/h4-5,7-9,16H,1-3,6H2,(H,17,18). The zero-order valence-corrected chi connectivity index (χ0v) is 10.6. The van der Waals surface area contributed by atoms with Crippen molar-refractivity contribution in [1.29, 1.82) is 0 Å². The summed E-state index contributed by atoms with van der Waals surface area (Å²) in [5, 5.41) is 12.3.